The van der Waals surface area contributed by atoms with E-state index in [0.29, 0.717) is 0 Å². The highest BCUT2D eigenvalue weighted by molar-refractivity contribution is 5.81. The fourth-order valence-electron chi connectivity index (χ4n) is 3.82. The van der Waals surface area contributed by atoms with Gasteiger partial charge in [-0.25, -0.2) is 4.79 Å². The van der Waals surface area contributed by atoms with E-state index in [2.05, 4.69) is 32.3 Å². The highest BCUT2D eigenvalue weighted by atomic mass is 16.6. The largest absolute Gasteiger partial charge is 0.443 e. The van der Waals surface area contributed by atoms with E-state index >= 15 is 0 Å². The van der Waals surface area contributed by atoms with Crippen LogP contribution in [0.5, 0.6) is 0 Å². The first-order valence-corrected chi connectivity index (χ1v) is 12.3. The zero-order chi connectivity index (χ0) is 20.9. The Morgan fingerprint density at radius 3 is 1.50 bits per heavy atom. The van der Waals surface area contributed by atoms with E-state index in [-0.39, 0.29) is 12.2 Å². The molecule has 0 heterocycles. The molecule has 0 aliphatic rings. The molecular weight excluding hydrogens is 346 g/mol. The lowest BCUT2D eigenvalue weighted by Crippen LogP contribution is -2.38. The van der Waals surface area contributed by atoms with Crippen LogP contribution in [-0.4, -0.2) is 30.2 Å². The van der Waals surface area contributed by atoms with E-state index in [1.54, 1.807) is 0 Å². The van der Waals surface area contributed by atoms with Crippen molar-refractivity contribution in [3.05, 3.63) is 12.7 Å². The third-order valence-corrected chi connectivity index (χ3v) is 5.69. The summed E-state index contributed by atoms with van der Waals surface area (Å²) in [5.41, 5.74) is 0. The van der Waals surface area contributed by atoms with Gasteiger partial charge in [0.05, 0.1) is 0 Å². The number of carbonyl (C=O) groups excluding carboxylic acids is 1. The minimum absolute atomic E-state index is 0.0949. The van der Waals surface area contributed by atoms with Gasteiger partial charge in [0.15, 0.2) is 6.23 Å². The minimum Gasteiger partial charge on any atom is -0.443 e. The third kappa shape index (κ3) is 16.2. The molecular formula is C25H49NO2. The SMILES string of the molecule is C=CC(=O)OC(CCCCCCCCCCCCCCCCC)N(CC)CC. The number of ether oxygens (including phenoxy) is 1. The molecule has 0 saturated heterocycles. The van der Waals surface area contributed by atoms with Gasteiger partial charge in [-0.1, -0.05) is 117 Å². The van der Waals surface area contributed by atoms with Crippen molar-refractivity contribution >= 4 is 5.97 Å². The van der Waals surface area contributed by atoms with Crippen LogP contribution in [0, 0.1) is 0 Å². The molecule has 28 heavy (non-hydrogen) atoms. The van der Waals surface area contributed by atoms with Crippen LogP contribution in [0.1, 0.15) is 124 Å². The Morgan fingerprint density at radius 1 is 0.750 bits per heavy atom. The van der Waals surface area contributed by atoms with Gasteiger partial charge in [0.1, 0.15) is 0 Å². The highest BCUT2D eigenvalue weighted by Gasteiger charge is 2.18. The van der Waals surface area contributed by atoms with Crippen LogP contribution in [-0.2, 0) is 9.53 Å². The summed E-state index contributed by atoms with van der Waals surface area (Å²) in [7, 11) is 0. The number of unbranched alkanes of at least 4 members (excludes halogenated alkanes) is 14. The van der Waals surface area contributed by atoms with E-state index in [0.717, 1.165) is 25.9 Å². The second-order valence-electron chi connectivity index (χ2n) is 8.06. The van der Waals surface area contributed by atoms with Gasteiger partial charge in [0, 0.05) is 6.08 Å². The molecule has 0 aromatic heterocycles. The van der Waals surface area contributed by atoms with Gasteiger partial charge in [-0.05, 0) is 25.9 Å². The first-order chi connectivity index (χ1) is 13.7. The first kappa shape index (κ1) is 27.2. The van der Waals surface area contributed by atoms with Crippen molar-refractivity contribution in [3.63, 3.8) is 0 Å². The van der Waals surface area contributed by atoms with Gasteiger partial charge < -0.3 is 4.74 Å². The van der Waals surface area contributed by atoms with Gasteiger partial charge in [0.25, 0.3) is 0 Å². The van der Waals surface area contributed by atoms with Crippen LogP contribution in [0.4, 0.5) is 0 Å². The first-order valence-electron chi connectivity index (χ1n) is 12.3. The van der Waals surface area contributed by atoms with Crippen molar-refractivity contribution in [1.82, 2.24) is 4.90 Å². The third-order valence-electron chi connectivity index (χ3n) is 5.69. The Bertz CT molecular complexity index is 352. The normalized spacial score (nSPS) is 12.3. The fourth-order valence-corrected chi connectivity index (χ4v) is 3.82. The number of rotatable bonds is 21. The molecule has 0 N–H and O–H groups in total. The van der Waals surface area contributed by atoms with Crippen molar-refractivity contribution in [2.24, 2.45) is 0 Å². The van der Waals surface area contributed by atoms with Crippen LogP contribution in [0.3, 0.4) is 0 Å². The number of carbonyl (C=O) groups is 1. The average Bonchev–Trinajstić information content (AvgIpc) is 2.71. The molecule has 3 nitrogen and oxygen atoms in total. The predicted octanol–water partition coefficient (Wildman–Crippen LogP) is 7.65. The molecule has 0 bridgehead atoms. The molecule has 1 unspecified atom stereocenters. The van der Waals surface area contributed by atoms with Crippen LogP contribution in [0.2, 0.25) is 0 Å². The maximum absolute atomic E-state index is 11.6. The van der Waals surface area contributed by atoms with E-state index in [1.165, 1.54) is 96.0 Å². The maximum Gasteiger partial charge on any atom is 0.331 e. The van der Waals surface area contributed by atoms with E-state index < -0.39 is 0 Å². The Balaban J connectivity index is 3.55. The van der Waals surface area contributed by atoms with Gasteiger partial charge >= 0.3 is 5.97 Å². The summed E-state index contributed by atoms with van der Waals surface area (Å²) in [6.45, 7) is 11.8. The zero-order valence-corrected chi connectivity index (χ0v) is 19.4. The molecule has 3 heteroatoms. The van der Waals surface area contributed by atoms with Gasteiger partial charge in [0.2, 0.25) is 0 Å². The van der Waals surface area contributed by atoms with Gasteiger partial charge in [-0.3, -0.25) is 4.90 Å². The summed E-state index contributed by atoms with van der Waals surface area (Å²) in [6.07, 6.45) is 22.7. The molecule has 0 aliphatic carbocycles. The average molecular weight is 396 g/mol. The summed E-state index contributed by atoms with van der Waals surface area (Å²) in [5.74, 6) is -0.308. The van der Waals surface area contributed by atoms with Gasteiger partial charge in [-0.15, -0.1) is 0 Å². The number of esters is 1. The van der Waals surface area contributed by atoms with Crippen LogP contribution >= 0.6 is 0 Å². The van der Waals surface area contributed by atoms with Crippen molar-refractivity contribution in [1.29, 1.82) is 0 Å². The summed E-state index contributed by atoms with van der Waals surface area (Å²) in [6, 6.07) is 0. The lowest BCUT2D eigenvalue weighted by molar-refractivity contribution is -0.153. The number of hydrogen-bond donors (Lipinski definition) is 0. The fraction of sp³-hybridized carbons (Fsp3) is 0.880. The molecule has 0 aromatic carbocycles. The maximum atomic E-state index is 11.6. The molecule has 0 rings (SSSR count). The van der Waals surface area contributed by atoms with Crippen LogP contribution < -0.4 is 0 Å². The molecule has 0 aromatic rings. The molecule has 1 atom stereocenters. The highest BCUT2D eigenvalue weighted by Crippen LogP contribution is 2.16. The second kappa shape index (κ2) is 20.9. The van der Waals surface area contributed by atoms with Crippen molar-refractivity contribution in [3.8, 4) is 0 Å². The molecule has 0 saturated carbocycles. The van der Waals surface area contributed by atoms with E-state index in [4.69, 9.17) is 4.74 Å². The number of hydrogen-bond acceptors (Lipinski definition) is 3. The van der Waals surface area contributed by atoms with Crippen LogP contribution in [0.15, 0.2) is 12.7 Å². The molecule has 0 aliphatic heterocycles. The lowest BCUT2D eigenvalue weighted by atomic mass is 10.0. The van der Waals surface area contributed by atoms with Crippen molar-refractivity contribution < 1.29 is 9.53 Å². The lowest BCUT2D eigenvalue weighted by Gasteiger charge is -2.28. The second-order valence-corrected chi connectivity index (χ2v) is 8.06. The molecule has 0 amide bonds. The predicted molar refractivity (Wildman–Crippen MR) is 123 cm³/mol. The summed E-state index contributed by atoms with van der Waals surface area (Å²) in [5, 5.41) is 0. The van der Waals surface area contributed by atoms with E-state index in [1.807, 2.05) is 0 Å². The molecule has 0 radical (unpaired) electrons. The van der Waals surface area contributed by atoms with Gasteiger partial charge in [-0.2, -0.15) is 0 Å². The summed E-state index contributed by atoms with van der Waals surface area (Å²) < 4.78 is 5.53. The summed E-state index contributed by atoms with van der Waals surface area (Å²) in [4.78, 5) is 13.8. The van der Waals surface area contributed by atoms with E-state index in [9.17, 15) is 4.79 Å². The smallest absolute Gasteiger partial charge is 0.331 e. The van der Waals surface area contributed by atoms with Crippen molar-refractivity contribution in [2.75, 3.05) is 13.1 Å². The Labute approximate surface area is 176 Å². The summed E-state index contributed by atoms with van der Waals surface area (Å²) >= 11 is 0. The van der Waals surface area contributed by atoms with Crippen molar-refractivity contribution in [2.45, 2.75) is 130 Å². The Kier molecular flexibility index (Phi) is 20.3. The Morgan fingerprint density at radius 2 is 1.14 bits per heavy atom. The quantitative estimate of drug-likeness (QED) is 0.0865. The monoisotopic (exact) mass is 395 g/mol. The molecule has 0 spiro atoms. The molecule has 0 fully saturated rings. The topological polar surface area (TPSA) is 29.5 Å². The zero-order valence-electron chi connectivity index (χ0n) is 19.4. The van der Waals surface area contributed by atoms with Crippen LogP contribution in [0.25, 0.3) is 0 Å². The standard InChI is InChI=1S/C25H49NO2/c1-5-9-10-11-12-13-14-15-16-17-18-19-20-21-22-23-24(26(7-3)8-4)28-25(27)6-2/h6,24H,2,5,7-23H2,1,3-4H3. The molecule has 166 valence electrons. The minimum atomic E-state index is -0.308. The number of nitrogens with zero attached hydrogens (tertiary/aromatic N) is 1. The Hall–Kier alpha value is -0.830.